The Hall–Kier alpha value is -4.91. The van der Waals surface area contributed by atoms with E-state index >= 15 is 0 Å². The topological polar surface area (TPSA) is 123 Å². The molecule has 0 fully saturated rings. The highest BCUT2D eigenvalue weighted by molar-refractivity contribution is 8.25. The van der Waals surface area contributed by atoms with Crippen molar-refractivity contribution >= 4 is 48.9 Å². The van der Waals surface area contributed by atoms with Crippen LogP contribution in [0.4, 0.5) is 10.1 Å². The molecule has 6 rings (SSSR count). The summed E-state index contributed by atoms with van der Waals surface area (Å²) in [4.78, 5) is 23.9. The van der Waals surface area contributed by atoms with E-state index in [0.717, 1.165) is 39.0 Å². The van der Waals surface area contributed by atoms with Gasteiger partial charge in [0, 0.05) is 54.1 Å². The third kappa shape index (κ3) is 6.37. The Morgan fingerprint density at radius 2 is 1.84 bits per heavy atom. The van der Waals surface area contributed by atoms with Gasteiger partial charge in [-0.3, -0.25) is 19.8 Å². The van der Waals surface area contributed by atoms with E-state index < -0.39 is 9.39 Å². The molecular weight excluding hydrogens is 575 g/mol. The average molecular weight is 609 g/mol. The maximum Gasteiger partial charge on any atom is 0.181 e. The van der Waals surface area contributed by atoms with Crippen LogP contribution in [0.5, 0.6) is 0 Å². The van der Waals surface area contributed by atoms with Crippen LogP contribution < -0.4 is 10.0 Å². The number of halogens is 1. The lowest BCUT2D eigenvalue weighted by Gasteiger charge is -2.14. The van der Waals surface area contributed by atoms with Crippen molar-refractivity contribution in [3.8, 4) is 33.9 Å². The Morgan fingerprint density at radius 1 is 1.02 bits per heavy atom. The number of benzene rings is 1. The monoisotopic (exact) mass is 608 g/mol. The van der Waals surface area contributed by atoms with E-state index in [1.165, 1.54) is 12.1 Å². The molecule has 0 saturated carbocycles. The molecule has 0 aliphatic carbocycles. The summed E-state index contributed by atoms with van der Waals surface area (Å²) in [6.07, 6.45) is 8.95. The van der Waals surface area contributed by atoms with Gasteiger partial charge in [0.25, 0.3) is 0 Å². The van der Waals surface area contributed by atoms with Crippen LogP contribution in [0.15, 0.2) is 73.5 Å². The number of nitrogens with one attached hydrogen (secondary N) is 4. The molecule has 0 radical (unpaired) electrons. The summed E-state index contributed by atoms with van der Waals surface area (Å²) in [5.41, 5.74) is 8.04. The van der Waals surface area contributed by atoms with Gasteiger partial charge in [0.2, 0.25) is 0 Å². The molecule has 0 saturated heterocycles. The normalized spacial score (nSPS) is 11.9. The molecule has 0 bridgehead atoms. The average Bonchev–Trinajstić information content (AvgIpc) is 3.59. The van der Waals surface area contributed by atoms with Gasteiger partial charge in [0.15, 0.2) is 11.5 Å². The lowest BCUT2D eigenvalue weighted by atomic mass is 10.1. The summed E-state index contributed by atoms with van der Waals surface area (Å²) in [6.45, 7) is 5.24. The first kappa shape index (κ1) is 29.2. The molecule has 0 aliphatic heterocycles. The van der Waals surface area contributed by atoms with Crippen molar-refractivity contribution in [1.82, 2.24) is 44.7 Å². The zero-order chi connectivity index (χ0) is 31.0. The van der Waals surface area contributed by atoms with E-state index in [-0.39, 0.29) is 5.82 Å². The van der Waals surface area contributed by atoms with Gasteiger partial charge in [-0.2, -0.15) is 14.5 Å². The number of anilines is 1. The third-order valence-corrected chi connectivity index (χ3v) is 7.64. The first-order valence-corrected chi connectivity index (χ1v) is 16.1. The minimum Gasteiger partial charge on any atom is -0.357 e. The van der Waals surface area contributed by atoms with Gasteiger partial charge in [0.05, 0.1) is 28.5 Å². The summed E-state index contributed by atoms with van der Waals surface area (Å²) in [6, 6.07) is 10.7. The molecule has 44 heavy (non-hydrogen) atoms. The van der Waals surface area contributed by atoms with Crippen LogP contribution >= 0.6 is 9.39 Å². The SMILES string of the molecule is C=C(CN(C)C)Nc1cncc(-c2cnc3n[nH]c(-c4nc5c(-c6cc(F)cc(CNS(=C)(=C)C)c6)nccc5[nH]4)c3c2)c1. The highest BCUT2D eigenvalue weighted by atomic mass is 32.2. The fourth-order valence-corrected chi connectivity index (χ4v) is 5.46. The van der Waals surface area contributed by atoms with Gasteiger partial charge in [-0.25, -0.2) is 14.4 Å². The van der Waals surface area contributed by atoms with Crippen molar-refractivity contribution in [1.29, 1.82) is 0 Å². The molecular formula is C32H33FN10S. The van der Waals surface area contributed by atoms with Gasteiger partial charge in [-0.1, -0.05) is 18.3 Å². The number of aromatic nitrogens is 7. The molecule has 0 spiro atoms. The number of hydrogen-bond donors (Lipinski definition) is 4. The number of fused-ring (bicyclic) bond motifs is 2. The van der Waals surface area contributed by atoms with Crippen LogP contribution in [0.3, 0.4) is 0 Å². The van der Waals surface area contributed by atoms with Crippen molar-refractivity contribution in [3.05, 3.63) is 84.8 Å². The smallest absolute Gasteiger partial charge is 0.181 e. The van der Waals surface area contributed by atoms with Crippen LogP contribution in [0, 0.1) is 5.82 Å². The maximum atomic E-state index is 14.7. The third-order valence-electron chi connectivity index (χ3n) is 6.80. The Morgan fingerprint density at radius 3 is 2.64 bits per heavy atom. The summed E-state index contributed by atoms with van der Waals surface area (Å²) in [5.74, 6) is 8.29. The minimum absolute atomic E-state index is 0.354. The number of aromatic amines is 2. The van der Waals surface area contributed by atoms with Crippen molar-refractivity contribution in [2.75, 3.05) is 32.2 Å². The number of pyridine rings is 3. The first-order chi connectivity index (χ1) is 21.0. The predicted octanol–water partition coefficient (Wildman–Crippen LogP) is 5.55. The molecule has 0 amide bonds. The highest BCUT2D eigenvalue weighted by Crippen LogP contribution is 2.32. The van der Waals surface area contributed by atoms with Gasteiger partial charge in [0.1, 0.15) is 17.0 Å². The second-order valence-corrected chi connectivity index (χ2v) is 14.0. The quantitative estimate of drug-likeness (QED) is 0.149. The molecule has 224 valence electrons. The standard InChI is InChI=1S/C32H33FN10S/c1-19(18-43(2)3)38-25-12-22(15-34-17-25)23-13-26-29(41-42-31(26)36-16-23)32-39-27-7-8-35-28(30(27)40-32)21-9-20(10-24(33)11-21)14-37-44(4,5)6/h7-13,15-17,37-38H,1,4-5,14,18H2,2-3,6H3,(H,39,40)(H,36,41,42). The van der Waals surface area contributed by atoms with Crippen molar-refractivity contribution in [3.63, 3.8) is 0 Å². The zero-order valence-corrected chi connectivity index (χ0v) is 25.6. The summed E-state index contributed by atoms with van der Waals surface area (Å²) < 4.78 is 18.0. The van der Waals surface area contributed by atoms with Crippen molar-refractivity contribution in [2.24, 2.45) is 0 Å². The van der Waals surface area contributed by atoms with Crippen LogP contribution in [-0.2, 0) is 6.54 Å². The van der Waals surface area contributed by atoms with E-state index in [4.69, 9.17) is 4.98 Å². The summed E-state index contributed by atoms with van der Waals surface area (Å²) in [5, 5.41) is 11.6. The minimum atomic E-state index is -1.45. The lowest BCUT2D eigenvalue weighted by molar-refractivity contribution is 0.447. The molecule has 4 N–H and O–H groups in total. The van der Waals surface area contributed by atoms with E-state index in [1.54, 1.807) is 24.8 Å². The molecule has 5 aromatic heterocycles. The summed E-state index contributed by atoms with van der Waals surface area (Å²) in [7, 11) is 2.53. The first-order valence-electron chi connectivity index (χ1n) is 13.8. The van der Waals surface area contributed by atoms with E-state index in [9.17, 15) is 4.39 Å². The number of imidazole rings is 1. The lowest BCUT2D eigenvalue weighted by Crippen LogP contribution is -2.18. The number of likely N-dealkylation sites (N-methyl/N-ethyl adjacent to an activating group) is 1. The molecule has 0 atom stereocenters. The molecule has 5 heterocycles. The van der Waals surface area contributed by atoms with E-state index in [0.29, 0.717) is 47.0 Å². The fourth-order valence-electron chi connectivity index (χ4n) is 4.94. The predicted molar refractivity (Wildman–Crippen MR) is 181 cm³/mol. The Labute approximate surface area is 255 Å². The summed E-state index contributed by atoms with van der Waals surface area (Å²) >= 11 is 0. The molecule has 10 nitrogen and oxygen atoms in total. The fraction of sp³-hybridized carbons (Fsp3) is 0.156. The molecule has 0 unspecified atom stereocenters. The highest BCUT2D eigenvalue weighted by Gasteiger charge is 2.17. The van der Waals surface area contributed by atoms with Gasteiger partial charge in [-0.05, 0) is 62.3 Å². The van der Waals surface area contributed by atoms with E-state index in [1.807, 2.05) is 49.5 Å². The number of rotatable bonds is 10. The maximum absolute atomic E-state index is 14.7. The van der Waals surface area contributed by atoms with Crippen molar-refractivity contribution < 1.29 is 4.39 Å². The number of nitrogens with zero attached hydrogens (tertiary/aromatic N) is 6. The largest absolute Gasteiger partial charge is 0.357 e. The second kappa shape index (κ2) is 11.6. The number of hydrogen-bond acceptors (Lipinski definition) is 8. The van der Waals surface area contributed by atoms with Gasteiger partial charge in [-0.15, -0.1) is 0 Å². The van der Waals surface area contributed by atoms with Crippen LogP contribution in [0.2, 0.25) is 0 Å². The molecule has 1 aromatic carbocycles. The Balaban J connectivity index is 1.36. The van der Waals surface area contributed by atoms with E-state index in [2.05, 4.69) is 58.5 Å². The van der Waals surface area contributed by atoms with Crippen LogP contribution in [0.25, 0.3) is 56.0 Å². The Bertz CT molecular complexity index is 2130. The van der Waals surface area contributed by atoms with Crippen LogP contribution in [-0.4, -0.2) is 78.7 Å². The van der Waals surface area contributed by atoms with Gasteiger partial charge < -0.3 is 15.2 Å². The van der Waals surface area contributed by atoms with Crippen molar-refractivity contribution in [2.45, 2.75) is 6.54 Å². The number of H-pyrrole nitrogens is 2. The zero-order valence-electron chi connectivity index (χ0n) is 24.8. The molecule has 6 aromatic rings. The second-order valence-electron chi connectivity index (χ2n) is 11.2. The van der Waals surface area contributed by atoms with Crippen LogP contribution in [0.1, 0.15) is 5.56 Å². The van der Waals surface area contributed by atoms with Gasteiger partial charge >= 0.3 is 0 Å². The molecule has 12 heteroatoms. The Kier molecular flexibility index (Phi) is 7.72. The molecule has 0 aliphatic rings.